The molecule has 1 aromatic carbocycles. The van der Waals surface area contributed by atoms with Crippen molar-refractivity contribution in [1.29, 1.82) is 0 Å². The van der Waals surface area contributed by atoms with E-state index in [2.05, 4.69) is 0 Å². The number of nitrogens with zero attached hydrogens (tertiary/aromatic N) is 2. The van der Waals surface area contributed by atoms with Crippen LogP contribution >= 0.6 is 8.96 Å². The lowest BCUT2D eigenvalue weighted by Gasteiger charge is -2.00. The minimum atomic E-state index is 0.299. The Morgan fingerprint density at radius 2 is 2.07 bits per heavy atom. The van der Waals surface area contributed by atoms with Gasteiger partial charge in [-0.15, -0.1) is 0 Å². The number of hydrogen-bond acceptors (Lipinski definition) is 1. The summed E-state index contributed by atoms with van der Waals surface area (Å²) in [5.74, 6) is 0.905. The number of imidazole rings is 1. The molecule has 0 aliphatic rings. The number of rotatable bonds is 3. The van der Waals surface area contributed by atoms with Crippen LogP contribution < -0.4 is 9.09 Å². The van der Waals surface area contributed by atoms with Gasteiger partial charge in [0.2, 0.25) is 6.33 Å². The normalized spacial score (nSPS) is 10.9. The number of hydrogen-bond donors (Lipinski definition) is 0. The van der Waals surface area contributed by atoms with E-state index < -0.39 is 0 Å². The van der Waals surface area contributed by atoms with Crippen LogP contribution in [0.2, 0.25) is 0 Å². The smallest absolute Gasteiger partial charge is 0.283 e. The number of aromatic nitrogens is 2. The molecule has 0 fully saturated rings. The largest absolute Gasteiger partial charge is 0.437 e. The minimum absolute atomic E-state index is 0.299. The lowest BCUT2D eigenvalue weighted by atomic mass is 10.3. The summed E-state index contributed by atoms with van der Waals surface area (Å²) in [6.07, 6.45) is 5.96. The summed E-state index contributed by atoms with van der Waals surface area (Å²) in [5, 5.41) is 0. The van der Waals surface area contributed by atoms with E-state index in [1.165, 1.54) is 0 Å². The van der Waals surface area contributed by atoms with Gasteiger partial charge in [0.1, 0.15) is 18.1 Å². The van der Waals surface area contributed by atoms with Gasteiger partial charge < -0.3 is 4.52 Å². The number of para-hydroxylation sites is 1. The van der Waals surface area contributed by atoms with Crippen LogP contribution in [0.3, 0.4) is 0 Å². The summed E-state index contributed by atoms with van der Waals surface area (Å²) in [5.41, 5.74) is 0. The van der Waals surface area contributed by atoms with E-state index in [0.717, 1.165) is 5.75 Å². The maximum Gasteiger partial charge on any atom is 0.283 e. The van der Waals surface area contributed by atoms with Crippen molar-refractivity contribution in [2.45, 2.75) is 0 Å². The molecule has 2 aromatic rings. The van der Waals surface area contributed by atoms with Gasteiger partial charge in [0, 0.05) is 0 Å². The third-order valence-corrected chi connectivity index (χ3v) is 2.58. The van der Waals surface area contributed by atoms with Gasteiger partial charge in [-0.3, -0.25) is 0 Å². The summed E-state index contributed by atoms with van der Waals surface area (Å²) in [4.78, 5) is 0. The second-order valence-corrected chi connectivity index (χ2v) is 3.90. The van der Waals surface area contributed by atoms with Crippen molar-refractivity contribution in [3.8, 4) is 5.75 Å². The molecule has 0 N–H and O–H groups in total. The van der Waals surface area contributed by atoms with Gasteiger partial charge in [-0.1, -0.05) is 18.2 Å². The minimum Gasteiger partial charge on any atom is -0.437 e. The van der Waals surface area contributed by atoms with Crippen LogP contribution in [0.1, 0.15) is 0 Å². The molecular formula is C10H12N2OP+. The first-order valence-corrected chi connectivity index (χ1v) is 5.21. The molecule has 1 unspecified atom stereocenters. The van der Waals surface area contributed by atoms with Crippen LogP contribution in [0, 0.1) is 0 Å². The van der Waals surface area contributed by atoms with Gasteiger partial charge in [-0.25, -0.2) is 4.57 Å². The third kappa shape index (κ3) is 2.33. The summed E-state index contributed by atoms with van der Waals surface area (Å²) in [7, 11) is 2.29. The maximum atomic E-state index is 5.58. The molecule has 1 atom stereocenters. The average molecular weight is 207 g/mol. The highest BCUT2D eigenvalue weighted by atomic mass is 31.1. The molecule has 0 saturated heterocycles. The van der Waals surface area contributed by atoms with E-state index in [1.807, 2.05) is 65.0 Å². The van der Waals surface area contributed by atoms with Gasteiger partial charge in [-0.05, 0) is 12.1 Å². The first kappa shape index (κ1) is 9.22. The van der Waals surface area contributed by atoms with Crippen molar-refractivity contribution in [3.05, 3.63) is 49.1 Å². The molecule has 1 heterocycles. The molecule has 4 heteroatoms. The van der Waals surface area contributed by atoms with Crippen LogP contribution in [0.5, 0.6) is 5.75 Å². The highest BCUT2D eigenvalue weighted by Crippen LogP contribution is 2.20. The second-order valence-electron chi connectivity index (χ2n) is 2.99. The van der Waals surface area contributed by atoms with E-state index >= 15 is 0 Å². The zero-order chi connectivity index (χ0) is 9.80. The fourth-order valence-corrected chi connectivity index (χ4v) is 1.80. The molecule has 0 spiro atoms. The predicted molar refractivity (Wildman–Crippen MR) is 56.4 cm³/mol. The zero-order valence-electron chi connectivity index (χ0n) is 7.92. The topological polar surface area (TPSA) is 18.0 Å². The zero-order valence-corrected chi connectivity index (χ0v) is 8.92. The summed E-state index contributed by atoms with van der Waals surface area (Å²) >= 11 is 0. The van der Waals surface area contributed by atoms with Crippen molar-refractivity contribution in [1.82, 2.24) is 4.34 Å². The predicted octanol–water partition coefficient (Wildman–Crippen LogP) is 1.75. The monoisotopic (exact) mass is 207 g/mol. The van der Waals surface area contributed by atoms with Gasteiger partial charge in [-0.2, -0.15) is 4.34 Å². The highest BCUT2D eigenvalue weighted by molar-refractivity contribution is 7.30. The van der Waals surface area contributed by atoms with Gasteiger partial charge in [0.15, 0.2) is 0 Å². The van der Waals surface area contributed by atoms with E-state index in [-0.39, 0.29) is 0 Å². The quantitative estimate of drug-likeness (QED) is 0.554. The molecule has 1 aromatic heterocycles. The maximum absolute atomic E-state index is 5.58. The summed E-state index contributed by atoms with van der Waals surface area (Å²) < 4.78 is 9.58. The Bertz CT molecular complexity index is 400. The molecule has 0 amide bonds. The van der Waals surface area contributed by atoms with E-state index in [1.54, 1.807) is 0 Å². The average Bonchev–Trinajstić information content (AvgIpc) is 2.63. The van der Waals surface area contributed by atoms with Crippen molar-refractivity contribution >= 4 is 8.96 Å². The Morgan fingerprint density at radius 3 is 2.71 bits per heavy atom. The molecule has 0 radical (unpaired) electrons. The molecule has 0 bridgehead atoms. The Hall–Kier alpha value is -1.34. The standard InChI is InChI=1S/C10H12N2OP/c1-11-7-8-12(9-11)14-13-10-5-3-2-4-6-10/h2-9,14H,1H3/q+1. The van der Waals surface area contributed by atoms with Gasteiger partial charge in [0.25, 0.3) is 8.96 Å². The molecule has 0 saturated carbocycles. The summed E-state index contributed by atoms with van der Waals surface area (Å²) in [6, 6.07) is 9.82. The first-order valence-electron chi connectivity index (χ1n) is 4.36. The highest BCUT2D eigenvalue weighted by Gasteiger charge is 2.00. The summed E-state index contributed by atoms with van der Waals surface area (Å²) in [6.45, 7) is 0. The van der Waals surface area contributed by atoms with Crippen molar-refractivity contribution in [3.63, 3.8) is 0 Å². The number of benzene rings is 1. The van der Waals surface area contributed by atoms with Crippen LogP contribution in [0.25, 0.3) is 0 Å². The Morgan fingerprint density at radius 1 is 1.29 bits per heavy atom. The molecule has 2 rings (SSSR count). The van der Waals surface area contributed by atoms with E-state index in [9.17, 15) is 0 Å². The fourth-order valence-electron chi connectivity index (χ4n) is 1.10. The van der Waals surface area contributed by atoms with E-state index in [4.69, 9.17) is 4.52 Å². The fraction of sp³-hybridized carbons (Fsp3) is 0.100. The molecule has 3 nitrogen and oxygen atoms in total. The lowest BCUT2D eigenvalue weighted by molar-refractivity contribution is -0.670. The van der Waals surface area contributed by atoms with Crippen molar-refractivity contribution < 1.29 is 9.09 Å². The molecule has 72 valence electrons. The molecule has 14 heavy (non-hydrogen) atoms. The van der Waals surface area contributed by atoms with Gasteiger partial charge >= 0.3 is 0 Å². The Balaban J connectivity index is 1.95. The van der Waals surface area contributed by atoms with Crippen LogP contribution in [-0.2, 0) is 7.05 Å². The van der Waals surface area contributed by atoms with Crippen LogP contribution in [0.15, 0.2) is 49.1 Å². The lowest BCUT2D eigenvalue weighted by Crippen LogP contribution is -2.23. The Kier molecular flexibility index (Phi) is 2.80. The SMILES string of the molecule is C[n+]1ccn(POc2ccccc2)c1. The third-order valence-electron chi connectivity index (χ3n) is 1.78. The van der Waals surface area contributed by atoms with Crippen molar-refractivity contribution in [2.75, 3.05) is 0 Å². The molecular weight excluding hydrogens is 195 g/mol. The molecule has 0 aliphatic carbocycles. The molecule has 0 aliphatic heterocycles. The van der Waals surface area contributed by atoms with Gasteiger partial charge in [0.05, 0.1) is 7.05 Å². The van der Waals surface area contributed by atoms with E-state index in [0.29, 0.717) is 8.96 Å². The second kappa shape index (κ2) is 4.25. The van der Waals surface area contributed by atoms with Crippen LogP contribution in [-0.4, -0.2) is 4.34 Å². The number of aryl methyl sites for hydroxylation is 1. The van der Waals surface area contributed by atoms with Crippen LogP contribution in [0.4, 0.5) is 0 Å². The van der Waals surface area contributed by atoms with Crippen molar-refractivity contribution in [2.24, 2.45) is 7.05 Å². The Labute approximate surface area is 84.9 Å². The first-order chi connectivity index (χ1) is 6.84.